The number of nitrogens with zero attached hydrogens (tertiary/aromatic N) is 2. The Morgan fingerprint density at radius 2 is 1.73 bits per heavy atom. The highest BCUT2D eigenvalue weighted by Crippen LogP contribution is 2.29. The van der Waals surface area contributed by atoms with Crippen LogP contribution in [0.15, 0.2) is 48.7 Å². The van der Waals surface area contributed by atoms with E-state index in [0.717, 1.165) is 22.4 Å². The minimum Gasteiger partial charge on any atom is -0.323 e. The van der Waals surface area contributed by atoms with Gasteiger partial charge in [-0.2, -0.15) is 0 Å². The molecule has 0 radical (unpaired) electrons. The summed E-state index contributed by atoms with van der Waals surface area (Å²) in [7, 11) is 0. The van der Waals surface area contributed by atoms with Crippen molar-refractivity contribution >= 4 is 34.8 Å². The lowest BCUT2D eigenvalue weighted by Crippen LogP contribution is -2.14. The van der Waals surface area contributed by atoms with Gasteiger partial charge in [-0.1, -0.05) is 35.4 Å². The van der Waals surface area contributed by atoms with Gasteiger partial charge in [-0.3, -0.25) is 4.79 Å². The number of halogens is 1. The van der Waals surface area contributed by atoms with Crippen LogP contribution in [0.1, 0.15) is 27.2 Å². The third-order valence-corrected chi connectivity index (χ3v) is 4.16. The van der Waals surface area contributed by atoms with Crippen LogP contribution in [0.25, 0.3) is 0 Å². The summed E-state index contributed by atoms with van der Waals surface area (Å²) in [6.45, 7) is 5.93. The van der Waals surface area contributed by atoms with Crippen molar-refractivity contribution in [1.82, 2.24) is 9.97 Å². The molecule has 2 N–H and O–H groups in total. The molecule has 5 nitrogen and oxygen atoms in total. The quantitative estimate of drug-likeness (QED) is 0.678. The lowest BCUT2D eigenvalue weighted by atomic mass is 10.1. The van der Waals surface area contributed by atoms with E-state index in [1.807, 2.05) is 57.2 Å². The van der Waals surface area contributed by atoms with Gasteiger partial charge in [0.1, 0.15) is 5.69 Å². The predicted octanol–water partition coefficient (Wildman–Crippen LogP) is 5.05. The van der Waals surface area contributed by atoms with Crippen LogP contribution in [0.2, 0.25) is 5.02 Å². The first-order valence-electron chi connectivity index (χ1n) is 8.17. The number of nitrogens with one attached hydrogen (secondary N) is 2. The second kappa shape index (κ2) is 7.54. The number of aromatic nitrogens is 2. The van der Waals surface area contributed by atoms with E-state index in [-0.39, 0.29) is 11.6 Å². The van der Waals surface area contributed by atoms with Gasteiger partial charge in [-0.05, 0) is 56.2 Å². The highest BCUT2D eigenvalue weighted by atomic mass is 35.5. The van der Waals surface area contributed by atoms with E-state index < -0.39 is 0 Å². The number of hydrogen-bond donors (Lipinski definition) is 2. The molecule has 2 aromatic carbocycles. The van der Waals surface area contributed by atoms with Crippen LogP contribution in [0.3, 0.4) is 0 Å². The summed E-state index contributed by atoms with van der Waals surface area (Å²) in [5, 5.41) is 6.51. The fourth-order valence-electron chi connectivity index (χ4n) is 2.56. The standard InChI is InChI=1S/C20H19ClN4O/c1-12-4-6-15(7-5-12)23-19(26)17-8-9-22-20(24-17)25-18-14(3)10-13(2)11-16(18)21/h4-11H,1-3H3,(H,23,26)(H,22,24,25). The monoisotopic (exact) mass is 366 g/mol. The Hall–Kier alpha value is -2.92. The van der Waals surface area contributed by atoms with Gasteiger partial charge in [0.15, 0.2) is 0 Å². The van der Waals surface area contributed by atoms with E-state index in [4.69, 9.17) is 11.6 Å². The smallest absolute Gasteiger partial charge is 0.274 e. The van der Waals surface area contributed by atoms with Crippen molar-refractivity contribution in [3.8, 4) is 0 Å². The average molecular weight is 367 g/mol. The third kappa shape index (κ3) is 4.18. The van der Waals surface area contributed by atoms with Crippen LogP contribution in [-0.4, -0.2) is 15.9 Å². The molecule has 0 bridgehead atoms. The molecule has 3 aromatic rings. The van der Waals surface area contributed by atoms with Gasteiger partial charge in [0.05, 0.1) is 10.7 Å². The molecule has 0 atom stereocenters. The molecule has 0 saturated heterocycles. The molecular formula is C20H19ClN4O. The second-order valence-electron chi connectivity index (χ2n) is 6.15. The van der Waals surface area contributed by atoms with Crippen molar-refractivity contribution in [3.05, 3.63) is 76.1 Å². The maximum atomic E-state index is 12.4. The number of rotatable bonds is 4. The van der Waals surface area contributed by atoms with Crippen LogP contribution in [0, 0.1) is 20.8 Å². The first-order valence-corrected chi connectivity index (χ1v) is 8.55. The van der Waals surface area contributed by atoms with E-state index in [1.54, 1.807) is 6.07 Å². The Balaban J connectivity index is 1.80. The molecule has 0 aliphatic carbocycles. The number of anilines is 3. The SMILES string of the molecule is Cc1ccc(NC(=O)c2ccnc(Nc3c(C)cc(C)cc3Cl)n2)cc1. The van der Waals surface area contributed by atoms with Crippen LogP contribution >= 0.6 is 11.6 Å². The molecule has 3 rings (SSSR count). The minimum absolute atomic E-state index is 0.268. The Morgan fingerprint density at radius 1 is 1.00 bits per heavy atom. The number of aryl methyl sites for hydroxylation is 3. The van der Waals surface area contributed by atoms with E-state index in [1.165, 1.54) is 6.20 Å². The van der Waals surface area contributed by atoms with Crippen molar-refractivity contribution in [2.75, 3.05) is 10.6 Å². The first-order chi connectivity index (χ1) is 12.4. The van der Waals surface area contributed by atoms with Crippen LogP contribution in [-0.2, 0) is 0 Å². The molecule has 132 valence electrons. The molecule has 6 heteroatoms. The number of carbonyl (C=O) groups excluding carboxylic acids is 1. The number of hydrogen-bond acceptors (Lipinski definition) is 4. The van der Waals surface area contributed by atoms with Crippen molar-refractivity contribution in [2.45, 2.75) is 20.8 Å². The summed E-state index contributed by atoms with van der Waals surface area (Å²) in [5.74, 6) is 0.0152. The van der Waals surface area contributed by atoms with Gasteiger partial charge < -0.3 is 10.6 Å². The molecule has 1 heterocycles. The van der Waals surface area contributed by atoms with E-state index in [0.29, 0.717) is 16.7 Å². The Morgan fingerprint density at radius 3 is 2.42 bits per heavy atom. The summed E-state index contributed by atoms with van der Waals surface area (Å²) in [6.07, 6.45) is 1.54. The zero-order valence-electron chi connectivity index (χ0n) is 14.8. The predicted molar refractivity (Wildman–Crippen MR) is 105 cm³/mol. The maximum Gasteiger partial charge on any atom is 0.274 e. The number of benzene rings is 2. The summed E-state index contributed by atoms with van der Waals surface area (Å²) < 4.78 is 0. The molecule has 1 aromatic heterocycles. The van der Waals surface area contributed by atoms with Crippen LogP contribution in [0.5, 0.6) is 0 Å². The molecule has 0 unspecified atom stereocenters. The summed E-state index contributed by atoms with van der Waals surface area (Å²) in [6, 6.07) is 13.0. The molecule has 0 spiro atoms. The van der Waals surface area contributed by atoms with E-state index in [2.05, 4.69) is 20.6 Å². The minimum atomic E-state index is -0.300. The average Bonchev–Trinajstić information content (AvgIpc) is 2.60. The Kier molecular flexibility index (Phi) is 5.19. The number of amides is 1. The summed E-state index contributed by atoms with van der Waals surface area (Å²) in [4.78, 5) is 20.9. The van der Waals surface area contributed by atoms with Gasteiger partial charge in [0.25, 0.3) is 5.91 Å². The largest absolute Gasteiger partial charge is 0.323 e. The zero-order valence-corrected chi connectivity index (χ0v) is 15.6. The Bertz CT molecular complexity index is 931. The Labute approximate surface area is 157 Å². The third-order valence-electron chi connectivity index (χ3n) is 3.87. The molecular weight excluding hydrogens is 348 g/mol. The molecule has 0 saturated carbocycles. The summed E-state index contributed by atoms with van der Waals surface area (Å²) >= 11 is 6.31. The second-order valence-corrected chi connectivity index (χ2v) is 6.56. The zero-order chi connectivity index (χ0) is 18.7. The molecule has 0 aliphatic heterocycles. The molecule has 0 aliphatic rings. The topological polar surface area (TPSA) is 66.9 Å². The van der Waals surface area contributed by atoms with E-state index in [9.17, 15) is 4.79 Å². The normalized spacial score (nSPS) is 10.5. The van der Waals surface area contributed by atoms with Gasteiger partial charge >= 0.3 is 0 Å². The lowest BCUT2D eigenvalue weighted by Gasteiger charge is -2.12. The van der Waals surface area contributed by atoms with Crippen LogP contribution in [0.4, 0.5) is 17.3 Å². The highest BCUT2D eigenvalue weighted by Gasteiger charge is 2.11. The fraction of sp³-hybridized carbons (Fsp3) is 0.150. The van der Waals surface area contributed by atoms with Gasteiger partial charge in [0, 0.05) is 11.9 Å². The van der Waals surface area contributed by atoms with E-state index >= 15 is 0 Å². The highest BCUT2D eigenvalue weighted by molar-refractivity contribution is 6.33. The lowest BCUT2D eigenvalue weighted by molar-refractivity contribution is 0.102. The molecule has 26 heavy (non-hydrogen) atoms. The van der Waals surface area contributed by atoms with Gasteiger partial charge in [0.2, 0.25) is 5.95 Å². The molecule has 1 amide bonds. The van der Waals surface area contributed by atoms with Crippen LogP contribution < -0.4 is 10.6 Å². The van der Waals surface area contributed by atoms with Crippen molar-refractivity contribution in [3.63, 3.8) is 0 Å². The maximum absolute atomic E-state index is 12.4. The van der Waals surface area contributed by atoms with Gasteiger partial charge in [-0.25, -0.2) is 9.97 Å². The van der Waals surface area contributed by atoms with Crippen molar-refractivity contribution in [2.24, 2.45) is 0 Å². The number of carbonyl (C=O) groups is 1. The molecule has 0 fully saturated rings. The van der Waals surface area contributed by atoms with Crippen molar-refractivity contribution in [1.29, 1.82) is 0 Å². The fourth-order valence-corrected chi connectivity index (χ4v) is 2.93. The summed E-state index contributed by atoms with van der Waals surface area (Å²) in [5.41, 5.74) is 4.89. The first kappa shape index (κ1) is 17.9. The van der Waals surface area contributed by atoms with Gasteiger partial charge in [-0.15, -0.1) is 0 Å². The van der Waals surface area contributed by atoms with Crippen molar-refractivity contribution < 1.29 is 4.79 Å².